The molecule has 2 fully saturated rings. The van der Waals surface area contributed by atoms with E-state index in [-0.39, 0.29) is 36.0 Å². The largest absolute Gasteiger partial charge is 0.340 e. The zero-order valence-electron chi connectivity index (χ0n) is 30.3. The van der Waals surface area contributed by atoms with Crippen molar-refractivity contribution in [2.45, 2.75) is 49.9 Å². The minimum Gasteiger partial charge on any atom is -0.340 e. The van der Waals surface area contributed by atoms with E-state index in [0.717, 1.165) is 81.7 Å². The van der Waals surface area contributed by atoms with Gasteiger partial charge in [0.1, 0.15) is 23.7 Å². The first-order valence-electron chi connectivity index (χ1n) is 18.3. The molecular formula is C42H46N8O2. The average molecular weight is 695 g/mol. The van der Waals surface area contributed by atoms with Crippen molar-refractivity contribution in [3.63, 3.8) is 0 Å². The normalized spacial score (nSPS) is 19.0. The molecule has 4 aromatic carbocycles. The monoisotopic (exact) mass is 694 g/mol. The van der Waals surface area contributed by atoms with Gasteiger partial charge in [-0.1, -0.05) is 72.8 Å². The molecule has 2 aliphatic heterocycles. The summed E-state index contributed by atoms with van der Waals surface area (Å²) in [7, 11) is 7.84. The lowest BCUT2D eigenvalue weighted by atomic mass is 10.0. The summed E-state index contributed by atoms with van der Waals surface area (Å²) >= 11 is 0. The van der Waals surface area contributed by atoms with Gasteiger partial charge < -0.3 is 19.8 Å². The van der Waals surface area contributed by atoms with Crippen LogP contribution in [0.25, 0.3) is 33.2 Å². The molecule has 4 unspecified atom stereocenters. The van der Waals surface area contributed by atoms with Crippen molar-refractivity contribution in [1.29, 1.82) is 0 Å². The van der Waals surface area contributed by atoms with Gasteiger partial charge in [-0.3, -0.25) is 19.4 Å². The highest BCUT2D eigenvalue weighted by Gasteiger charge is 2.38. The molecule has 6 aromatic rings. The summed E-state index contributed by atoms with van der Waals surface area (Å²) in [6, 6.07) is 31.7. The van der Waals surface area contributed by atoms with Crippen molar-refractivity contribution in [2.75, 3.05) is 41.3 Å². The van der Waals surface area contributed by atoms with E-state index in [1.807, 2.05) is 108 Å². The van der Waals surface area contributed by atoms with Crippen LogP contribution in [0.4, 0.5) is 0 Å². The predicted molar refractivity (Wildman–Crippen MR) is 204 cm³/mol. The van der Waals surface area contributed by atoms with Crippen LogP contribution in [-0.4, -0.2) is 92.6 Å². The fourth-order valence-corrected chi connectivity index (χ4v) is 8.27. The van der Waals surface area contributed by atoms with E-state index >= 15 is 0 Å². The standard InChI is InChI=1S/C42H46N8O2/c1-47(2)37(27-13-7-5-8-14-27)41(51)49-23-11-17-35(49)39-43-31-21-19-29(25-33(31)45-39)30-20-22-32-34(26-30)46-40(44-32)36-18-12-24-50(36)42(52)38(48(3)4)28-15-9-6-10-16-28/h5-10,13-16,19-22,25-26,35-38H,11-12,17-18,23-24H2,1-4H3,(H,43,45)(H,44,46). The Hall–Kier alpha value is -5.32. The van der Waals surface area contributed by atoms with Gasteiger partial charge in [0.15, 0.2) is 0 Å². The summed E-state index contributed by atoms with van der Waals surface area (Å²) in [6.45, 7) is 1.43. The Balaban J connectivity index is 1.03. The molecule has 0 spiro atoms. The number of carbonyl (C=O) groups excluding carboxylic acids is 2. The highest BCUT2D eigenvalue weighted by atomic mass is 16.2. The van der Waals surface area contributed by atoms with Crippen LogP contribution < -0.4 is 0 Å². The van der Waals surface area contributed by atoms with Gasteiger partial charge >= 0.3 is 0 Å². The van der Waals surface area contributed by atoms with Crippen molar-refractivity contribution >= 4 is 33.9 Å². The van der Waals surface area contributed by atoms with Gasteiger partial charge in [0.2, 0.25) is 11.8 Å². The number of carbonyl (C=O) groups is 2. The summed E-state index contributed by atoms with van der Waals surface area (Å²) in [5, 5.41) is 0. The van der Waals surface area contributed by atoms with Crippen molar-refractivity contribution in [3.05, 3.63) is 120 Å². The van der Waals surface area contributed by atoms with Crippen LogP contribution in [0, 0.1) is 0 Å². The van der Waals surface area contributed by atoms with Crippen LogP contribution in [0.15, 0.2) is 97.1 Å². The topological polar surface area (TPSA) is 104 Å². The third-order valence-electron chi connectivity index (χ3n) is 10.8. The van der Waals surface area contributed by atoms with Crippen LogP contribution in [0.2, 0.25) is 0 Å². The highest BCUT2D eigenvalue weighted by molar-refractivity contribution is 5.88. The number of amides is 2. The lowest BCUT2D eigenvalue weighted by Crippen LogP contribution is -2.40. The maximum Gasteiger partial charge on any atom is 0.245 e. The molecule has 0 saturated carbocycles. The van der Waals surface area contributed by atoms with E-state index in [1.54, 1.807) is 0 Å². The van der Waals surface area contributed by atoms with Gasteiger partial charge in [0.25, 0.3) is 0 Å². The summed E-state index contributed by atoms with van der Waals surface area (Å²) in [6.07, 6.45) is 3.63. The van der Waals surface area contributed by atoms with E-state index in [9.17, 15) is 9.59 Å². The second kappa shape index (κ2) is 14.0. The smallest absolute Gasteiger partial charge is 0.245 e. The summed E-state index contributed by atoms with van der Waals surface area (Å²) < 4.78 is 0. The van der Waals surface area contributed by atoms with E-state index in [0.29, 0.717) is 13.1 Å². The number of likely N-dealkylation sites (tertiary alicyclic amines) is 2. The molecule has 2 N–H and O–H groups in total. The molecule has 10 nitrogen and oxygen atoms in total. The number of imidazole rings is 2. The molecule has 52 heavy (non-hydrogen) atoms. The zero-order chi connectivity index (χ0) is 35.9. The minimum absolute atomic E-state index is 0.1000. The number of likely N-dealkylation sites (N-methyl/N-ethyl adjacent to an activating group) is 2. The third kappa shape index (κ3) is 6.26. The first-order valence-corrected chi connectivity index (χ1v) is 18.3. The van der Waals surface area contributed by atoms with E-state index in [2.05, 4.69) is 46.4 Å². The molecule has 0 bridgehead atoms. The van der Waals surface area contributed by atoms with Crippen LogP contribution in [0.1, 0.15) is 72.6 Å². The summed E-state index contributed by atoms with van der Waals surface area (Å²) in [5.74, 6) is 1.87. The van der Waals surface area contributed by atoms with Gasteiger partial charge in [-0.25, -0.2) is 9.97 Å². The van der Waals surface area contributed by atoms with Crippen LogP contribution in [0.5, 0.6) is 0 Å². The van der Waals surface area contributed by atoms with Gasteiger partial charge in [-0.05, 0) is 100 Å². The Morgan fingerprint density at radius 2 is 1.02 bits per heavy atom. The predicted octanol–water partition coefficient (Wildman–Crippen LogP) is 7.04. The number of fused-ring (bicyclic) bond motifs is 2. The first-order chi connectivity index (χ1) is 25.3. The molecule has 2 amide bonds. The number of nitrogens with one attached hydrogen (secondary N) is 2. The molecule has 2 aliphatic rings. The fourth-order valence-electron chi connectivity index (χ4n) is 8.27. The molecule has 4 atom stereocenters. The van der Waals surface area contributed by atoms with E-state index in [4.69, 9.17) is 9.97 Å². The number of rotatable bonds is 9. The Morgan fingerprint density at radius 1 is 0.615 bits per heavy atom. The SMILES string of the molecule is CN(C)C(C(=O)N1CCCC1c1nc2ccc(-c3ccc4nc(C5CCCN5C(=O)C(c5ccccc5)N(C)C)[nH]c4c3)cc2[nH]1)c1ccccc1. The number of hydrogen-bond donors (Lipinski definition) is 2. The summed E-state index contributed by atoms with van der Waals surface area (Å²) in [5.41, 5.74) is 7.76. The zero-order valence-corrected chi connectivity index (χ0v) is 30.3. The van der Waals surface area contributed by atoms with E-state index < -0.39 is 0 Å². The molecule has 0 aliphatic carbocycles. The number of nitrogens with zero attached hydrogens (tertiary/aromatic N) is 6. The summed E-state index contributed by atoms with van der Waals surface area (Å²) in [4.78, 5) is 53.1. The Labute approximate surface area is 304 Å². The second-order valence-electron chi connectivity index (χ2n) is 14.6. The van der Waals surface area contributed by atoms with Crippen LogP contribution in [0.3, 0.4) is 0 Å². The van der Waals surface area contributed by atoms with Crippen molar-refractivity contribution < 1.29 is 9.59 Å². The number of benzene rings is 4. The lowest BCUT2D eigenvalue weighted by Gasteiger charge is -2.31. The molecule has 8 rings (SSSR count). The second-order valence-corrected chi connectivity index (χ2v) is 14.6. The number of aromatic nitrogens is 4. The van der Waals surface area contributed by atoms with Crippen LogP contribution in [-0.2, 0) is 9.59 Å². The fraction of sp³-hybridized carbons (Fsp3) is 0.333. The Kier molecular flexibility index (Phi) is 9.11. The number of aromatic amines is 2. The number of H-pyrrole nitrogens is 2. The van der Waals surface area contributed by atoms with E-state index in [1.165, 1.54) is 0 Å². The quantitative estimate of drug-likeness (QED) is 0.168. The van der Waals surface area contributed by atoms with Gasteiger partial charge in [0, 0.05) is 13.1 Å². The van der Waals surface area contributed by atoms with Gasteiger partial charge in [-0.2, -0.15) is 0 Å². The van der Waals surface area contributed by atoms with Gasteiger partial charge in [0.05, 0.1) is 34.2 Å². The molecule has 10 heteroatoms. The van der Waals surface area contributed by atoms with Gasteiger partial charge in [-0.15, -0.1) is 0 Å². The molecular weight excluding hydrogens is 649 g/mol. The number of hydrogen-bond acceptors (Lipinski definition) is 6. The minimum atomic E-state index is -0.350. The molecule has 2 saturated heterocycles. The highest BCUT2D eigenvalue weighted by Crippen LogP contribution is 2.37. The van der Waals surface area contributed by atoms with Crippen molar-refractivity contribution in [3.8, 4) is 11.1 Å². The van der Waals surface area contributed by atoms with Crippen molar-refractivity contribution in [2.24, 2.45) is 0 Å². The molecule has 2 aromatic heterocycles. The third-order valence-corrected chi connectivity index (χ3v) is 10.8. The maximum atomic E-state index is 14.0. The molecule has 266 valence electrons. The maximum absolute atomic E-state index is 14.0. The lowest BCUT2D eigenvalue weighted by molar-refractivity contribution is -0.138. The van der Waals surface area contributed by atoms with Crippen LogP contribution >= 0.6 is 0 Å². The first kappa shape index (κ1) is 33.8. The average Bonchev–Trinajstić information content (AvgIpc) is 3.97. The Bertz CT molecular complexity index is 2050. The van der Waals surface area contributed by atoms with Crippen molar-refractivity contribution in [1.82, 2.24) is 39.5 Å². The Morgan fingerprint density at radius 3 is 1.40 bits per heavy atom. The molecule has 4 heterocycles. The molecule has 0 radical (unpaired) electrons.